The standard InChI is InChI=1S/C20H20N2O6/c1-2-26-20(25)14-5-3-4-6-15(14)22-19(24)10-18(23)21-11-13-7-8-16-17(9-13)28-12-27-16/h3-9H,2,10-12H2,1H3,(H,21,23)(H,22,24). The number of esters is 1. The van der Waals surface area contributed by atoms with Crippen molar-refractivity contribution in [2.45, 2.75) is 19.9 Å². The molecule has 0 fully saturated rings. The first-order valence-electron chi connectivity index (χ1n) is 8.78. The Kier molecular flexibility index (Phi) is 6.11. The summed E-state index contributed by atoms with van der Waals surface area (Å²) < 4.78 is 15.5. The second kappa shape index (κ2) is 8.90. The quantitative estimate of drug-likeness (QED) is 0.561. The van der Waals surface area contributed by atoms with Gasteiger partial charge in [-0.05, 0) is 36.8 Å². The number of rotatable bonds is 7. The SMILES string of the molecule is CCOC(=O)c1ccccc1NC(=O)CC(=O)NCc1ccc2c(c1)OCO2. The van der Waals surface area contributed by atoms with Gasteiger partial charge in [0.25, 0.3) is 0 Å². The summed E-state index contributed by atoms with van der Waals surface area (Å²) in [6.07, 6.45) is -0.373. The third-order valence-electron chi connectivity index (χ3n) is 3.94. The molecule has 2 N–H and O–H groups in total. The predicted molar refractivity (Wildman–Crippen MR) is 100 cm³/mol. The van der Waals surface area contributed by atoms with Gasteiger partial charge in [-0.15, -0.1) is 0 Å². The molecule has 2 amide bonds. The first-order chi connectivity index (χ1) is 13.6. The summed E-state index contributed by atoms with van der Waals surface area (Å²) in [4.78, 5) is 36.1. The number of para-hydroxylation sites is 1. The van der Waals surface area contributed by atoms with Crippen molar-refractivity contribution in [3.63, 3.8) is 0 Å². The molecule has 0 spiro atoms. The summed E-state index contributed by atoms with van der Waals surface area (Å²) in [5.74, 6) is -0.218. The summed E-state index contributed by atoms with van der Waals surface area (Å²) in [6, 6.07) is 11.8. The van der Waals surface area contributed by atoms with Crippen LogP contribution < -0.4 is 20.1 Å². The first kappa shape index (κ1) is 19.2. The Morgan fingerprint density at radius 1 is 1.04 bits per heavy atom. The molecule has 2 aromatic rings. The molecule has 2 aromatic carbocycles. The van der Waals surface area contributed by atoms with Crippen LogP contribution in [0, 0.1) is 0 Å². The minimum absolute atomic E-state index is 0.179. The van der Waals surface area contributed by atoms with Gasteiger partial charge in [0.1, 0.15) is 6.42 Å². The normalized spacial score (nSPS) is 11.6. The molecule has 0 atom stereocenters. The van der Waals surface area contributed by atoms with Crippen molar-refractivity contribution in [3.8, 4) is 11.5 Å². The predicted octanol–water partition coefficient (Wildman–Crippen LogP) is 2.24. The van der Waals surface area contributed by atoms with Gasteiger partial charge >= 0.3 is 5.97 Å². The average molecular weight is 384 g/mol. The van der Waals surface area contributed by atoms with Crippen LogP contribution in [0.3, 0.4) is 0 Å². The number of anilines is 1. The highest BCUT2D eigenvalue weighted by Crippen LogP contribution is 2.32. The van der Waals surface area contributed by atoms with Crippen molar-refractivity contribution in [2.24, 2.45) is 0 Å². The minimum Gasteiger partial charge on any atom is -0.462 e. The zero-order chi connectivity index (χ0) is 19.9. The molecule has 1 aliphatic heterocycles. The van der Waals surface area contributed by atoms with E-state index in [4.69, 9.17) is 14.2 Å². The maximum absolute atomic E-state index is 12.2. The monoisotopic (exact) mass is 384 g/mol. The molecule has 0 saturated heterocycles. The first-order valence-corrected chi connectivity index (χ1v) is 8.78. The van der Waals surface area contributed by atoms with E-state index in [1.54, 1.807) is 43.3 Å². The van der Waals surface area contributed by atoms with Crippen LogP contribution in [-0.4, -0.2) is 31.2 Å². The molecule has 3 rings (SSSR count). The summed E-state index contributed by atoms with van der Waals surface area (Å²) in [6.45, 7) is 2.35. The van der Waals surface area contributed by atoms with Gasteiger partial charge in [-0.1, -0.05) is 18.2 Å². The van der Waals surface area contributed by atoms with E-state index in [2.05, 4.69) is 10.6 Å². The Balaban J connectivity index is 1.52. The van der Waals surface area contributed by atoms with Crippen LogP contribution in [0.5, 0.6) is 11.5 Å². The van der Waals surface area contributed by atoms with E-state index in [1.165, 1.54) is 0 Å². The van der Waals surface area contributed by atoms with E-state index in [9.17, 15) is 14.4 Å². The van der Waals surface area contributed by atoms with Crippen molar-refractivity contribution < 1.29 is 28.6 Å². The van der Waals surface area contributed by atoms with Crippen molar-refractivity contribution in [1.82, 2.24) is 5.32 Å². The van der Waals surface area contributed by atoms with Gasteiger partial charge in [-0.2, -0.15) is 0 Å². The molecule has 1 heterocycles. The van der Waals surface area contributed by atoms with E-state index in [1.807, 2.05) is 6.07 Å². The lowest BCUT2D eigenvalue weighted by Crippen LogP contribution is -2.28. The number of hydrogen-bond acceptors (Lipinski definition) is 6. The van der Waals surface area contributed by atoms with Crippen LogP contribution in [0.25, 0.3) is 0 Å². The van der Waals surface area contributed by atoms with Crippen LogP contribution in [0.15, 0.2) is 42.5 Å². The smallest absolute Gasteiger partial charge is 0.340 e. The molecule has 0 saturated carbocycles. The van der Waals surface area contributed by atoms with Gasteiger partial charge in [-0.3, -0.25) is 9.59 Å². The summed E-state index contributed by atoms with van der Waals surface area (Å²) in [5, 5.41) is 5.25. The molecule has 0 unspecified atom stereocenters. The van der Waals surface area contributed by atoms with E-state index in [0.717, 1.165) is 5.56 Å². The molecule has 146 valence electrons. The lowest BCUT2D eigenvalue weighted by atomic mass is 10.1. The van der Waals surface area contributed by atoms with Crippen LogP contribution >= 0.6 is 0 Å². The van der Waals surface area contributed by atoms with Crippen LogP contribution in [0.4, 0.5) is 5.69 Å². The Labute approximate surface area is 161 Å². The maximum Gasteiger partial charge on any atom is 0.340 e. The zero-order valence-electron chi connectivity index (χ0n) is 15.3. The topological polar surface area (TPSA) is 103 Å². The lowest BCUT2D eigenvalue weighted by Gasteiger charge is -2.10. The second-order valence-electron chi connectivity index (χ2n) is 5.96. The number of hydrogen-bond donors (Lipinski definition) is 2. The molecule has 0 aromatic heterocycles. The molecule has 28 heavy (non-hydrogen) atoms. The molecule has 0 radical (unpaired) electrons. The number of benzene rings is 2. The molecule has 8 heteroatoms. The van der Waals surface area contributed by atoms with Gasteiger partial charge in [0.15, 0.2) is 11.5 Å². The minimum atomic E-state index is -0.536. The number of nitrogens with one attached hydrogen (secondary N) is 2. The Morgan fingerprint density at radius 2 is 1.82 bits per heavy atom. The number of carbonyl (C=O) groups is 3. The molecular formula is C20H20N2O6. The number of amides is 2. The average Bonchev–Trinajstić information content (AvgIpc) is 3.14. The fourth-order valence-corrected chi connectivity index (χ4v) is 2.63. The van der Waals surface area contributed by atoms with Crippen LogP contribution in [-0.2, 0) is 20.9 Å². The summed E-state index contributed by atoms with van der Waals surface area (Å²) >= 11 is 0. The molecule has 1 aliphatic rings. The van der Waals surface area contributed by atoms with Crippen molar-refractivity contribution in [1.29, 1.82) is 0 Å². The van der Waals surface area contributed by atoms with Gasteiger partial charge in [-0.25, -0.2) is 4.79 Å². The van der Waals surface area contributed by atoms with Crippen molar-refractivity contribution in [3.05, 3.63) is 53.6 Å². The van der Waals surface area contributed by atoms with Crippen LogP contribution in [0.2, 0.25) is 0 Å². The van der Waals surface area contributed by atoms with Gasteiger partial charge in [0, 0.05) is 6.54 Å². The lowest BCUT2D eigenvalue weighted by molar-refractivity contribution is -0.126. The fraction of sp³-hybridized carbons (Fsp3) is 0.250. The molecule has 8 nitrogen and oxygen atoms in total. The fourth-order valence-electron chi connectivity index (χ4n) is 2.63. The Morgan fingerprint density at radius 3 is 2.64 bits per heavy atom. The Hall–Kier alpha value is -3.55. The van der Waals surface area contributed by atoms with E-state index < -0.39 is 17.8 Å². The van der Waals surface area contributed by atoms with E-state index in [-0.39, 0.29) is 31.9 Å². The largest absolute Gasteiger partial charge is 0.462 e. The second-order valence-corrected chi connectivity index (χ2v) is 5.96. The number of carbonyl (C=O) groups excluding carboxylic acids is 3. The highest BCUT2D eigenvalue weighted by Gasteiger charge is 2.16. The van der Waals surface area contributed by atoms with Crippen molar-refractivity contribution >= 4 is 23.5 Å². The highest BCUT2D eigenvalue weighted by atomic mass is 16.7. The maximum atomic E-state index is 12.2. The van der Waals surface area contributed by atoms with E-state index in [0.29, 0.717) is 17.2 Å². The number of ether oxygens (including phenoxy) is 3. The molecule has 0 bridgehead atoms. The third kappa shape index (κ3) is 4.79. The van der Waals surface area contributed by atoms with Gasteiger partial charge in [0.2, 0.25) is 18.6 Å². The van der Waals surface area contributed by atoms with Gasteiger partial charge in [0.05, 0.1) is 17.9 Å². The van der Waals surface area contributed by atoms with Crippen LogP contribution in [0.1, 0.15) is 29.3 Å². The van der Waals surface area contributed by atoms with Crippen molar-refractivity contribution in [2.75, 3.05) is 18.7 Å². The summed E-state index contributed by atoms with van der Waals surface area (Å²) in [7, 11) is 0. The zero-order valence-corrected chi connectivity index (χ0v) is 15.3. The van der Waals surface area contributed by atoms with E-state index >= 15 is 0 Å². The Bertz CT molecular complexity index is 896. The molecular weight excluding hydrogens is 364 g/mol. The third-order valence-corrected chi connectivity index (χ3v) is 3.94. The van der Waals surface area contributed by atoms with Gasteiger partial charge < -0.3 is 24.8 Å². The highest BCUT2D eigenvalue weighted by molar-refractivity contribution is 6.06. The summed E-state index contributed by atoms with van der Waals surface area (Å²) in [5.41, 5.74) is 1.36. The number of fused-ring (bicyclic) bond motifs is 1. The molecule has 0 aliphatic carbocycles.